The Labute approximate surface area is 253 Å². The molecule has 0 N–H and O–H groups in total. The highest BCUT2D eigenvalue weighted by Crippen LogP contribution is 2.46. The lowest BCUT2D eigenvalue weighted by Gasteiger charge is -2.30. The molecule has 0 aromatic heterocycles. The van der Waals surface area contributed by atoms with Crippen molar-refractivity contribution in [2.45, 2.75) is 19.8 Å². The van der Waals surface area contributed by atoms with Gasteiger partial charge in [-0.1, -0.05) is 110 Å². The highest BCUT2D eigenvalue weighted by Gasteiger charge is 2.21. The third-order valence-corrected chi connectivity index (χ3v) is 8.30. The topological polar surface area (TPSA) is 6.48 Å². The van der Waals surface area contributed by atoms with Crippen LogP contribution in [0.5, 0.6) is 0 Å². The van der Waals surface area contributed by atoms with E-state index in [2.05, 4.69) is 163 Å². The van der Waals surface area contributed by atoms with E-state index in [-0.39, 0.29) is 0 Å². The van der Waals surface area contributed by atoms with E-state index in [1.54, 1.807) is 0 Å². The van der Waals surface area contributed by atoms with Crippen LogP contribution in [0.4, 0.5) is 22.7 Å². The normalized spacial score (nSPS) is 13.7. The van der Waals surface area contributed by atoms with Crippen LogP contribution in [-0.2, 0) is 0 Å². The minimum atomic E-state index is 1.04. The number of nitrogens with zero attached hydrogens (tertiary/aromatic N) is 2. The van der Waals surface area contributed by atoms with Crippen molar-refractivity contribution in [2.24, 2.45) is 0 Å². The second-order valence-corrected chi connectivity index (χ2v) is 11.0. The van der Waals surface area contributed by atoms with E-state index in [1.165, 1.54) is 49.4 Å². The molecule has 0 unspecified atom stereocenters. The minimum Gasteiger partial charge on any atom is -0.314 e. The van der Waals surface area contributed by atoms with Crippen molar-refractivity contribution in [2.75, 3.05) is 9.80 Å². The number of anilines is 4. The maximum Gasteiger partial charge on any atom is 0.0540 e. The van der Waals surface area contributed by atoms with Crippen LogP contribution >= 0.6 is 0 Å². The van der Waals surface area contributed by atoms with Crippen molar-refractivity contribution in [3.8, 4) is 0 Å². The monoisotopic (exact) mass is 554 g/mol. The fourth-order valence-electron chi connectivity index (χ4n) is 6.39. The van der Waals surface area contributed by atoms with Gasteiger partial charge in [0.15, 0.2) is 0 Å². The van der Waals surface area contributed by atoms with E-state index in [0.717, 1.165) is 29.9 Å². The van der Waals surface area contributed by atoms with E-state index < -0.39 is 0 Å². The van der Waals surface area contributed by atoms with Crippen molar-refractivity contribution >= 4 is 55.1 Å². The second kappa shape index (κ2) is 11.5. The lowest BCUT2D eigenvalue weighted by Crippen LogP contribution is -2.20. The van der Waals surface area contributed by atoms with Crippen LogP contribution in [0, 0.1) is 0 Å². The van der Waals surface area contributed by atoms with Gasteiger partial charge >= 0.3 is 0 Å². The van der Waals surface area contributed by atoms with Crippen LogP contribution in [-0.4, -0.2) is 0 Å². The molecular formula is C41H34N2. The van der Waals surface area contributed by atoms with E-state index >= 15 is 0 Å². The van der Waals surface area contributed by atoms with E-state index in [1.807, 2.05) is 12.2 Å². The molecule has 0 bridgehead atoms. The number of rotatable bonds is 8. The minimum absolute atomic E-state index is 1.04. The third kappa shape index (κ3) is 4.81. The molecule has 0 aliphatic heterocycles. The van der Waals surface area contributed by atoms with Crippen molar-refractivity contribution in [3.63, 3.8) is 0 Å². The number of para-hydroxylation sites is 2. The quantitative estimate of drug-likeness (QED) is 0.136. The van der Waals surface area contributed by atoms with Gasteiger partial charge in [0.1, 0.15) is 0 Å². The van der Waals surface area contributed by atoms with Gasteiger partial charge in [-0.2, -0.15) is 0 Å². The number of benzene rings is 6. The van der Waals surface area contributed by atoms with Crippen LogP contribution in [0.25, 0.3) is 32.3 Å². The second-order valence-electron chi connectivity index (χ2n) is 11.0. The molecule has 0 saturated carbocycles. The van der Waals surface area contributed by atoms with Gasteiger partial charge in [-0.3, -0.25) is 0 Å². The number of hydrogen-bond acceptors (Lipinski definition) is 2. The van der Waals surface area contributed by atoms with Gasteiger partial charge in [0.05, 0.1) is 11.4 Å². The molecule has 0 heterocycles. The summed E-state index contributed by atoms with van der Waals surface area (Å²) in [6.45, 7) is 6.03. The van der Waals surface area contributed by atoms with Crippen LogP contribution in [0.1, 0.15) is 19.8 Å². The molecule has 0 atom stereocenters. The Hall–Kier alpha value is -5.34. The largest absolute Gasteiger partial charge is 0.314 e. The Bertz CT molecular complexity index is 2010. The summed E-state index contributed by atoms with van der Waals surface area (Å²) in [7, 11) is 0. The molecule has 0 fully saturated rings. The van der Waals surface area contributed by atoms with E-state index in [4.69, 9.17) is 0 Å². The molecule has 208 valence electrons. The Kier molecular flexibility index (Phi) is 7.10. The van der Waals surface area contributed by atoms with Crippen molar-refractivity contribution in [1.29, 1.82) is 0 Å². The molecule has 1 aliphatic rings. The van der Waals surface area contributed by atoms with Gasteiger partial charge in [0, 0.05) is 33.5 Å². The highest BCUT2D eigenvalue weighted by molar-refractivity contribution is 6.27. The number of allylic oxidation sites excluding steroid dienone is 8. The lowest BCUT2D eigenvalue weighted by atomic mass is 9.91. The van der Waals surface area contributed by atoms with Gasteiger partial charge in [-0.15, -0.1) is 0 Å². The molecular weight excluding hydrogens is 520 g/mol. The molecule has 2 nitrogen and oxygen atoms in total. The summed E-state index contributed by atoms with van der Waals surface area (Å²) in [5.74, 6) is 0. The standard InChI is InChI=1S/C41H34N2/c1-3-4-8-15-30(2)42(33-16-9-5-10-17-33)38-28-24-31-23-27-37-39(29-25-32-22-26-36(38)40(31)41(32)37)43(34-18-11-6-12-19-34)35-20-13-7-14-21-35/h3-4,6-9,11-29H,1,5,10H2,2H3/b8-4-,30-15+. The first-order valence-electron chi connectivity index (χ1n) is 15.0. The molecule has 0 amide bonds. The summed E-state index contributed by atoms with van der Waals surface area (Å²) < 4.78 is 0. The van der Waals surface area contributed by atoms with Crippen LogP contribution in [0.2, 0.25) is 0 Å². The Morgan fingerprint density at radius 3 is 1.81 bits per heavy atom. The van der Waals surface area contributed by atoms with Gasteiger partial charge in [0.25, 0.3) is 0 Å². The molecule has 0 spiro atoms. The molecule has 2 heteroatoms. The predicted molar refractivity (Wildman–Crippen MR) is 187 cm³/mol. The molecule has 6 aromatic rings. The summed E-state index contributed by atoms with van der Waals surface area (Å²) in [6, 6.07) is 39.6. The first kappa shape index (κ1) is 26.6. The van der Waals surface area contributed by atoms with Gasteiger partial charge in [-0.05, 0) is 89.9 Å². The molecule has 6 aromatic carbocycles. The van der Waals surface area contributed by atoms with E-state index in [0.29, 0.717) is 0 Å². The first-order chi connectivity index (χ1) is 21.2. The number of hydrogen-bond donors (Lipinski definition) is 0. The third-order valence-electron chi connectivity index (χ3n) is 8.30. The van der Waals surface area contributed by atoms with Crippen molar-refractivity contribution < 1.29 is 0 Å². The first-order valence-corrected chi connectivity index (χ1v) is 15.0. The van der Waals surface area contributed by atoms with E-state index in [9.17, 15) is 0 Å². The maximum atomic E-state index is 3.84. The fourth-order valence-corrected chi connectivity index (χ4v) is 6.39. The predicted octanol–water partition coefficient (Wildman–Crippen LogP) is 11.7. The lowest BCUT2D eigenvalue weighted by molar-refractivity contribution is 0.980. The zero-order valence-electron chi connectivity index (χ0n) is 24.4. The summed E-state index contributed by atoms with van der Waals surface area (Å²) >= 11 is 0. The fraction of sp³-hybridized carbons (Fsp3) is 0.0732. The summed E-state index contributed by atoms with van der Waals surface area (Å²) in [4.78, 5) is 4.77. The highest BCUT2D eigenvalue weighted by atomic mass is 15.2. The average molecular weight is 555 g/mol. The summed E-state index contributed by atoms with van der Waals surface area (Å²) in [6.07, 6.45) is 17.0. The molecule has 1 aliphatic carbocycles. The zero-order valence-corrected chi connectivity index (χ0v) is 24.4. The Balaban J connectivity index is 1.49. The Morgan fingerprint density at radius 2 is 1.23 bits per heavy atom. The smallest absolute Gasteiger partial charge is 0.0540 e. The average Bonchev–Trinajstić information content (AvgIpc) is 3.06. The molecule has 0 radical (unpaired) electrons. The van der Waals surface area contributed by atoms with Gasteiger partial charge in [-0.25, -0.2) is 0 Å². The molecule has 43 heavy (non-hydrogen) atoms. The van der Waals surface area contributed by atoms with Crippen LogP contribution in [0.15, 0.2) is 170 Å². The van der Waals surface area contributed by atoms with Crippen molar-refractivity contribution in [3.05, 3.63) is 170 Å². The summed E-state index contributed by atoms with van der Waals surface area (Å²) in [5, 5.41) is 7.59. The SMILES string of the molecule is C=C/C=C\C=C(/C)N(C1=CCCC=C1)c1ccc2ccc3c(N(c4ccccc4)c4ccccc4)ccc4ccc1c2c43. The molecule has 0 saturated heterocycles. The van der Waals surface area contributed by atoms with Gasteiger partial charge in [0.2, 0.25) is 0 Å². The molecule has 7 rings (SSSR count). The van der Waals surface area contributed by atoms with Crippen molar-refractivity contribution in [1.82, 2.24) is 0 Å². The summed E-state index contributed by atoms with van der Waals surface area (Å²) in [5.41, 5.74) is 7.01. The van der Waals surface area contributed by atoms with Crippen LogP contribution in [0.3, 0.4) is 0 Å². The zero-order chi connectivity index (χ0) is 29.2. The Morgan fingerprint density at radius 1 is 0.651 bits per heavy atom. The van der Waals surface area contributed by atoms with Gasteiger partial charge < -0.3 is 9.80 Å². The van der Waals surface area contributed by atoms with Crippen LogP contribution < -0.4 is 9.80 Å². The maximum absolute atomic E-state index is 3.84.